The molecule has 1 aromatic carbocycles. The van der Waals surface area contributed by atoms with Crippen LogP contribution < -0.4 is 0 Å². The number of ether oxygens (including phenoxy) is 3. The first kappa shape index (κ1) is 12.9. The maximum Gasteiger partial charge on any atom is 0.191 e. The molecule has 19 heavy (non-hydrogen) atoms. The molecular formula is C16H20O3. The smallest absolute Gasteiger partial charge is 0.191 e. The Morgan fingerprint density at radius 3 is 2.89 bits per heavy atom. The van der Waals surface area contributed by atoms with Crippen molar-refractivity contribution in [2.45, 2.75) is 44.9 Å². The van der Waals surface area contributed by atoms with Gasteiger partial charge in [0.15, 0.2) is 12.1 Å². The van der Waals surface area contributed by atoms with Crippen molar-refractivity contribution in [2.24, 2.45) is 0 Å². The number of hydrogen-bond donors (Lipinski definition) is 0. The van der Waals surface area contributed by atoms with Crippen LogP contribution in [-0.2, 0) is 20.8 Å². The van der Waals surface area contributed by atoms with Crippen molar-refractivity contribution in [3.63, 3.8) is 0 Å². The molecule has 0 saturated carbocycles. The van der Waals surface area contributed by atoms with Crippen LogP contribution in [0, 0.1) is 0 Å². The fourth-order valence-corrected chi connectivity index (χ4v) is 2.64. The average Bonchev–Trinajstić information content (AvgIpc) is 2.78. The second-order valence-corrected chi connectivity index (χ2v) is 5.33. The maximum atomic E-state index is 6.01. The molecule has 1 saturated heterocycles. The van der Waals surface area contributed by atoms with Gasteiger partial charge in [0, 0.05) is 6.42 Å². The normalized spacial score (nSPS) is 30.6. The Kier molecular flexibility index (Phi) is 3.69. The Morgan fingerprint density at radius 1 is 1.32 bits per heavy atom. The third-order valence-electron chi connectivity index (χ3n) is 3.59. The molecule has 3 nitrogen and oxygen atoms in total. The summed E-state index contributed by atoms with van der Waals surface area (Å²) in [7, 11) is 0. The molecule has 2 unspecified atom stereocenters. The molecule has 1 spiro atoms. The summed E-state index contributed by atoms with van der Waals surface area (Å²) in [4.78, 5) is 0. The third-order valence-corrected chi connectivity index (χ3v) is 3.59. The first-order valence-corrected chi connectivity index (χ1v) is 6.91. The fraction of sp³-hybridized carbons (Fsp3) is 0.500. The molecule has 102 valence electrons. The van der Waals surface area contributed by atoms with Crippen molar-refractivity contribution >= 4 is 0 Å². The molecule has 2 aliphatic heterocycles. The predicted octanol–water partition coefficient (Wildman–Crippen LogP) is 3.40. The maximum absolute atomic E-state index is 6.01. The molecule has 3 rings (SSSR count). The molecule has 0 aromatic heterocycles. The van der Waals surface area contributed by atoms with Gasteiger partial charge in [0.1, 0.15) is 0 Å². The number of benzene rings is 1. The first-order valence-electron chi connectivity index (χ1n) is 6.91. The van der Waals surface area contributed by atoms with Gasteiger partial charge in [-0.05, 0) is 37.0 Å². The lowest BCUT2D eigenvalue weighted by molar-refractivity contribution is -0.302. The molecule has 0 bridgehead atoms. The van der Waals surface area contributed by atoms with Crippen molar-refractivity contribution in [1.29, 1.82) is 0 Å². The minimum atomic E-state index is -0.524. The van der Waals surface area contributed by atoms with E-state index in [1.54, 1.807) is 0 Å². The largest absolute Gasteiger partial charge is 0.348 e. The zero-order valence-corrected chi connectivity index (χ0v) is 11.3. The average molecular weight is 260 g/mol. The van der Waals surface area contributed by atoms with E-state index in [1.165, 1.54) is 11.1 Å². The van der Waals surface area contributed by atoms with E-state index in [2.05, 4.69) is 25.1 Å². The van der Waals surface area contributed by atoms with E-state index in [1.807, 2.05) is 18.2 Å². The van der Waals surface area contributed by atoms with Gasteiger partial charge in [-0.25, -0.2) is 0 Å². The molecule has 1 aromatic rings. The SMILES string of the molecule is CC1=CC2(CCCC(OCc3ccccc3)O2)OC1. The summed E-state index contributed by atoms with van der Waals surface area (Å²) < 4.78 is 17.6. The molecule has 0 radical (unpaired) electrons. The van der Waals surface area contributed by atoms with Gasteiger partial charge in [0.2, 0.25) is 0 Å². The van der Waals surface area contributed by atoms with Gasteiger partial charge in [0.05, 0.1) is 13.2 Å². The van der Waals surface area contributed by atoms with Crippen LogP contribution >= 0.6 is 0 Å². The van der Waals surface area contributed by atoms with Gasteiger partial charge in [-0.1, -0.05) is 30.3 Å². The van der Waals surface area contributed by atoms with Crippen LogP contribution in [0.3, 0.4) is 0 Å². The quantitative estimate of drug-likeness (QED) is 0.780. The summed E-state index contributed by atoms with van der Waals surface area (Å²) in [6.07, 6.45) is 4.87. The fourth-order valence-electron chi connectivity index (χ4n) is 2.64. The van der Waals surface area contributed by atoms with Gasteiger partial charge in [-0.15, -0.1) is 0 Å². The summed E-state index contributed by atoms with van der Waals surface area (Å²) in [5, 5.41) is 0. The second-order valence-electron chi connectivity index (χ2n) is 5.33. The van der Waals surface area contributed by atoms with E-state index in [0.717, 1.165) is 19.3 Å². The van der Waals surface area contributed by atoms with Crippen LogP contribution in [0.1, 0.15) is 31.7 Å². The van der Waals surface area contributed by atoms with Crippen molar-refractivity contribution in [1.82, 2.24) is 0 Å². The molecule has 0 aliphatic carbocycles. The van der Waals surface area contributed by atoms with Gasteiger partial charge < -0.3 is 14.2 Å². The molecule has 2 atom stereocenters. The van der Waals surface area contributed by atoms with Gasteiger partial charge in [-0.3, -0.25) is 0 Å². The van der Waals surface area contributed by atoms with Crippen LogP contribution in [0.4, 0.5) is 0 Å². The highest BCUT2D eigenvalue weighted by Crippen LogP contribution is 2.36. The zero-order valence-electron chi connectivity index (χ0n) is 11.3. The standard InChI is InChI=1S/C16H20O3/c1-13-10-16(18-11-13)9-5-8-15(19-16)17-12-14-6-3-2-4-7-14/h2-4,6-7,10,15H,5,8-9,11-12H2,1H3. The highest BCUT2D eigenvalue weighted by atomic mass is 16.8. The first-order chi connectivity index (χ1) is 9.26. The topological polar surface area (TPSA) is 27.7 Å². The molecule has 0 amide bonds. The zero-order chi connectivity index (χ0) is 13.1. The van der Waals surface area contributed by atoms with Gasteiger partial charge in [-0.2, -0.15) is 0 Å². The molecule has 2 aliphatic rings. The summed E-state index contributed by atoms with van der Waals surface area (Å²) in [6, 6.07) is 10.2. The lowest BCUT2D eigenvalue weighted by Gasteiger charge is -2.36. The highest BCUT2D eigenvalue weighted by molar-refractivity contribution is 5.14. The van der Waals surface area contributed by atoms with Crippen molar-refractivity contribution < 1.29 is 14.2 Å². The Hall–Kier alpha value is -1.16. The van der Waals surface area contributed by atoms with Crippen LogP contribution in [0.2, 0.25) is 0 Å². The highest BCUT2D eigenvalue weighted by Gasteiger charge is 2.39. The Bertz CT molecular complexity index is 454. The van der Waals surface area contributed by atoms with Crippen molar-refractivity contribution in [3.05, 3.63) is 47.5 Å². The summed E-state index contributed by atoms with van der Waals surface area (Å²) in [5.74, 6) is -0.524. The van der Waals surface area contributed by atoms with E-state index in [9.17, 15) is 0 Å². The summed E-state index contributed by atoms with van der Waals surface area (Å²) in [5.41, 5.74) is 2.41. The summed E-state index contributed by atoms with van der Waals surface area (Å²) in [6.45, 7) is 3.34. The van der Waals surface area contributed by atoms with E-state index >= 15 is 0 Å². The Labute approximate surface area is 114 Å². The monoisotopic (exact) mass is 260 g/mol. The lowest BCUT2D eigenvalue weighted by atomic mass is 10.0. The van der Waals surface area contributed by atoms with E-state index in [0.29, 0.717) is 13.2 Å². The van der Waals surface area contributed by atoms with Crippen molar-refractivity contribution in [2.75, 3.05) is 6.61 Å². The van der Waals surface area contributed by atoms with Gasteiger partial charge >= 0.3 is 0 Å². The number of hydrogen-bond acceptors (Lipinski definition) is 3. The van der Waals surface area contributed by atoms with Crippen molar-refractivity contribution in [3.8, 4) is 0 Å². The van der Waals surface area contributed by atoms with Crippen LogP contribution in [0.15, 0.2) is 42.0 Å². The molecular weight excluding hydrogens is 240 g/mol. The van der Waals surface area contributed by atoms with E-state index < -0.39 is 5.79 Å². The third kappa shape index (κ3) is 3.06. The minimum Gasteiger partial charge on any atom is -0.348 e. The summed E-state index contributed by atoms with van der Waals surface area (Å²) >= 11 is 0. The minimum absolute atomic E-state index is 0.170. The van der Waals surface area contributed by atoms with Crippen LogP contribution in [-0.4, -0.2) is 18.7 Å². The molecule has 3 heteroatoms. The Morgan fingerprint density at radius 2 is 2.16 bits per heavy atom. The van der Waals surface area contributed by atoms with E-state index in [-0.39, 0.29) is 6.29 Å². The van der Waals surface area contributed by atoms with Crippen LogP contribution in [0.5, 0.6) is 0 Å². The van der Waals surface area contributed by atoms with Crippen LogP contribution in [0.25, 0.3) is 0 Å². The molecule has 0 N–H and O–H groups in total. The predicted molar refractivity (Wildman–Crippen MR) is 72.4 cm³/mol. The lowest BCUT2D eigenvalue weighted by Crippen LogP contribution is -2.40. The van der Waals surface area contributed by atoms with E-state index in [4.69, 9.17) is 14.2 Å². The van der Waals surface area contributed by atoms with Gasteiger partial charge in [0.25, 0.3) is 0 Å². The number of rotatable bonds is 3. The molecule has 2 heterocycles. The second kappa shape index (κ2) is 5.45. The Balaban J connectivity index is 1.57. The molecule has 1 fully saturated rings.